The van der Waals surface area contributed by atoms with Crippen LogP contribution in [0, 0.1) is 12.7 Å². The van der Waals surface area contributed by atoms with E-state index < -0.39 is 15.8 Å². The van der Waals surface area contributed by atoms with Gasteiger partial charge in [-0.1, -0.05) is 23.7 Å². The molecule has 0 saturated heterocycles. The van der Waals surface area contributed by atoms with E-state index in [2.05, 4.69) is 4.72 Å². The minimum Gasteiger partial charge on any atom is -0.396 e. The minimum absolute atomic E-state index is 0.0622. The third kappa shape index (κ3) is 3.72. The number of hydrogen-bond acceptors (Lipinski definition) is 3. The number of benzene rings is 2. The van der Waals surface area contributed by atoms with Crippen LogP contribution in [0.5, 0.6) is 0 Å². The third-order valence-electron chi connectivity index (χ3n) is 2.95. The Morgan fingerprint density at radius 2 is 1.86 bits per heavy atom. The second-order valence-corrected chi connectivity index (χ2v) is 6.80. The zero-order valence-corrected chi connectivity index (χ0v) is 12.8. The van der Waals surface area contributed by atoms with Crippen molar-refractivity contribution < 1.29 is 12.8 Å². The Morgan fingerprint density at radius 1 is 1.24 bits per heavy atom. The van der Waals surface area contributed by atoms with Gasteiger partial charge in [0.15, 0.2) is 0 Å². The summed E-state index contributed by atoms with van der Waals surface area (Å²) < 4.78 is 40.2. The van der Waals surface area contributed by atoms with Gasteiger partial charge in [0.2, 0.25) is 10.0 Å². The molecule has 0 unspecified atom stereocenters. The molecule has 0 aliphatic rings. The molecule has 0 aromatic heterocycles. The fourth-order valence-electron chi connectivity index (χ4n) is 1.78. The molecule has 4 nitrogen and oxygen atoms in total. The molecule has 21 heavy (non-hydrogen) atoms. The highest BCUT2D eigenvalue weighted by atomic mass is 35.5. The van der Waals surface area contributed by atoms with Gasteiger partial charge in [-0.3, -0.25) is 0 Å². The van der Waals surface area contributed by atoms with Crippen molar-refractivity contribution in [2.45, 2.75) is 18.4 Å². The lowest BCUT2D eigenvalue weighted by Gasteiger charge is -2.09. The number of aryl methyl sites for hydroxylation is 1. The molecule has 0 radical (unpaired) electrons. The van der Waals surface area contributed by atoms with Gasteiger partial charge < -0.3 is 5.73 Å². The number of rotatable bonds is 4. The monoisotopic (exact) mass is 328 g/mol. The van der Waals surface area contributed by atoms with Crippen molar-refractivity contribution in [2.75, 3.05) is 5.73 Å². The van der Waals surface area contributed by atoms with Crippen LogP contribution in [0.25, 0.3) is 0 Å². The van der Waals surface area contributed by atoms with Gasteiger partial charge in [-0.15, -0.1) is 0 Å². The Balaban J connectivity index is 2.20. The van der Waals surface area contributed by atoms with Crippen molar-refractivity contribution in [3.8, 4) is 0 Å². The number of nitrogens with one attached hydrogen (secondary N) is 1. The van der Waals surface area contributed by atoms with E-state index in [1.807, 2.05) is 0 Å². The highest BCUT2D eigenvalue weighted by molar-refractivity contribution is 7.89. The minimum atomic E-state index is -3.76. The molecule has 2 aromatic carbocycles. The second-order valence-electron chi connectivity index (χ2n) is 4.59. The lowest BCUT2D eigenvalue weighted by atomic mass is 10.2. The van der Waals surface area contributed by atoms with Crippen molar-refractivity contribution in [1.82, 2.24) is 4.72 Å². The van der Waals surface area contributed by atoms with Crippen LogP contribution in [0.1, 0.15) is 11.1 Å². The standard InChI is InChI=1S/C14H14ClFN2O2S/c1-9-6-12(7-13(17)14(9)16)21(19,20)18-8-10-2-4-11(15)5-3-10/h2-7,18H,8,17H2,1H3. The lowest BCUT2D eigenvalue weighted by Crippen LogP contribution is -2.23. The van der Waals surface area contributed by atoms with Gasteiger partial charge in [-0.05, 0) is 42.3 Å². The maximum Gasteiger partial charge on any atom is 0.240 e. The van der Waals surface area contributed by atoms with Gasteiger partial charge in [0, 0.05) is 11.6 Å². The molecule has 0 amide bonds. The summed E-state index contributed by atoms with van der Waals surface area (Å²) in [6.45, 7) is 1.57. The highest BCUT2D eigenvalue weighted by Crippen LogP contribution is 2.21. The first-order valence-electron chi connectivity index (χ1n) is 6.09. The zero-order chi connectivity index (χ0) is 15.6. The molecule has 0 atom stereocenters. The molecule has 7 heteroatoms. The van der Waals surface area contributed by atoms with Crippen LogP contribution in [0.3, 0.4) is 0 Å². The molecule has 3 N–H and O–H groups in total. The van der Waals surface area contributed by atoms with E-state index in [0.29, 0.717) is 5.02 Å². The first-order valence-corrected chi connectivity index (χ1v) is 7.95. The predicted octanol–water partition coefficient (Wildman–Crippen LogP) is 2.85. The third-order valence-corrected chi connectivity index (χ3v) is 4.58. The molecule has 112 valence electrons. The molecular weight excluding hydrogens is 315 g/mol. The van der Waals surface area contributed by atoms with Crippen molar-refractivity contribution in [3.05, 3.63) is 58.4 Å². The smallest absolute Gasteiger partial charge is 0.240 e. The van der Waals surface area contributed by atoms with Gasteiger partial charge in [0.05, 0.1) is 10.6 Å². The fourth-order valence-corrected chi connectivity index (χ4v) is 3.05. The average Bonchev–Trinajstić information content (AvgIpc) is 2.43. The Bertz CT molecular complexity index is 738. The van der Waals surface area contributed by atoms with Crippen LogP contribution in [0.15, 0.2) is 41.3 Å². The van der Waals surface area contributed by atoms with Gasteiger partial charge in [-0.25, -0.2) is 17.5 Å². The van der Waals surface area contributed by atoms with Crippen LogP contribution in [0.2, 0.25) is 5.02 Å². The largest absolute Gasteiger partial charge is 0.396 e. The fraction of sp³-hybridized carbons (Fsp3) is 0.143. The first kappa shape index (κ1) is 15.8. The van der Waals surface area contributed by atoms with Crippen molar-refractivity contribution in [3.63, 3.8) is 0 Å². The van der Waals surface area contributed by atoms with Crippen LogP contribution in [-0.2, 0) is 16.6 Å². The number of halogens is 2. The summed E-state index contributed by atoms with van der Waals surface area (Å²) in [5.74, 6) is -0.605. The van der Waals surface area contributed by atoms with Crippen LogP contribution in [0.4, 0.5) is 10.1 Å². The molecule has 0 heterocycles. The molecule has 0 aliphatic heterocycles. The molecule has 2 aromatic rings. The number of sulfonamides is 1. The first-order chi connectivity index (χ1) is 9.79. The predicted molar refractivity (Wildman–Crippen MR) is 81.0 cm³/mol. The number of nitrogen functional groups attached to an aromatic ring is 1. The van der Waals surface area contributed by atoms with Gasteiger partial charge in [-0.2, -0.15) is 0 Å². The Kier molecular flexibility index (Phi) is 4.51. The van der Waals surface area contributed by atoms with Crippen molar-refractivity contribution in [1.29, 1.82) is 0 Å². The Morgan fingerprint density at radius 3 is 2.43 bits per heavy atom. The van der Waals surface area contributed by atoms with E-state index in [1.165, 1.54) is 13.0 Å². The summed E-state index contributed by atoms with van der Waals surface area (Å²) in [5, 5.41) is 0.573. The van der Waals surface area contributed by atoms with Gasteiger partial charge in [0.1, 0.15) is 5.82 Å². The maximum absolute atomic E-state index is 13.4. The molecule has 0 saturated carbocycles. The van der Waals surface area contributed by atoms with Crippen molar-refractivity contribution >= 4 is 27.3 Å². The maximum atomic E-state index is 13.4. The SMILES string of the molecule is Cc1cc(S(=O)(=O)NCc2ccc(Cl)cc2)cc(N)c1F. The molecular formula is C14H14ClFN2O2S. The summed E-state index contributed by atoms with van der Waals surface area (Å²) >= 11 is 5.76. The highest BCUT2D eigenvalue weighted by Gasteiger charge is 2.17. The summed E-state index contributed by atoms with van der Waals surface area (Å²) in [4.78, 5) is -0.0622. The van der Waals surface area contributed by atoms with Gasteiger partial charge >= 0.3 is 0 Å². The molecule has 0 aliphatic carbocycles. The topological polar surface area (TPSA) is 72.2 Å². The van der Waals surface area contributed by atoms with E-state index in [1.54, 1.807) is 24.3 Å². The second kappa shape index (κ2) is 6.01. The Hall–Kier alpha value is -1.63. The number of hydrogen-bond donors (Lipinski definition) is 2. The molecule has 0 bridgehead atoms. The average molecular weight is 329 g/mol. The molecule has 2 rings (SSSR count). The van der Waals surface area contributed by atoms with Crippen LogP contribution < -0.4 is 10.5 Å². The van der Waals surface area contributed by atoms with E-state index >= 15 is 0 Å². The number of nitrogens with two attached hydrogens (primary N) is 1. The summed E-state index contributed by atoms with van der Waals surface area (Å²) in [7, 11) is -3.76. The lowest BCUT2D eigenvalue weighted by molar-refractivity contribution is 0.580. The number of anilines is 1. The summed E-state index contributed by atoms with van der Waals surface area (Å²) in [5.41, 5.74) is 6.21. The van der Waals surface area contributed by atoms with Crippen LogP contribution in [-0.4, -0.2) is 8.42 Å². The van der Waals surface area contributed by atoms with E-state index in [-0.39, 0.29) is 22.7 Å². The van der Waals surface area contributed by atoms with E-state index in [9.17, 15) is 12.8 Å². The summed E-state index contributed by atoms with van der Waals surface area (Å²) in [6.07, 6.45) is 0. The van der Waals surface area contributed by atoms with Crippen molar-refractivity contribution in [2.24, 2.45) is 0 Å². The van der Waals surface area contributed by atoms with Crippen LogP contribution >= 0.6 is 11.6 Å². The van der Waals surface area contributed by atoms with E-state index in [0.717, 1.165) is 11.6 Å². The summed E-state index contributed by atoms with van der Waals surface area (Å²) in [6, 6.07) is 9.13. The molecule has 0 spiro atoms. The molecule has 0 fully saturated rings. The van der Waals surface area contributed by atoms with E-state index in [4.69, 9.17) is 17.3 Å². The quantitative estimate of drug-likeness (QED) is 0.848. The van der Waals surface area contributed by atoms with Gasteiger partial charge in [0.25, 0.3) is 0 Å². The Labute approximate surface area is 127 Å². The normalized spacial score (nSPS) is 11.6. The zero-order valence-electron chi connectivity index (χ0n) is 11.2.